The molecule has 6 heteroatoms. The first-order chi connectivity index (χ1) is 19.0. The Balaban J connectivity index is 1.14. The first-order valence-electron chi connectivity index (χ1n) is 14.2. The molecule has 39 heavy (non-hydrogen) atoms. The number of benzene rings is 3. The average Bonchev–Trinajstić information content (AvgIpc) is 3.34. The molecule has 0 spiro atoms. The van der Waals surface area contributed by atoms with Crippen LogP contribution in [0.25, 0.3) is 0 Å². The first-order valence-corrected chi connectivity index (χ1v) is 14.2. The van der Waals surface area contributed by atoms with Gasteiger partial charge in [-0.15, -0.1) is 0 Å². The Morgan fingerprint density at radius 3 is 2.23 bits per heavy atom. The van der Waals surface area contributed by atoms with E-state index in [1.807, 2.05) is 35.2 Å². The second-order valence-electron chi connectivity index (χ2n) is 11.0. The Bertz CT molecular complexity index is 1210. The molecule has 2 amide bonds. The van der Waals surface area contributed by atoms with Gasteiger partial charge in [0.25, 0.3) is 0 Å². The minimum atomic E-state index is -0.369. The maximum absolute atomic E-state index is 13.7. The van der Waals surface area contributed by atoms with Crippen molar-refractivity contribution in [1.29, 1.82) is 0 Å². The molecule has 5 rings (SSSR count). The number of likely N-dealkylation sites (tertiary alicyclic amines) is 2. The van der Waals surface area contributed by atoms with Gasteiger partial charge in [0.05, 0.1) is 5.92 Å². The highest BCUT2D eigenvalue weighted by Crippen LogP contribution is 2.26. The SMILES string of the molecule is O=C1CC(C(=O)N(CCCN2CCC(Cc3ccccc3)CC2)c2ccccc2)CN1Cc1ccc(F)cc1. The number of nitrogens with zero attached hydrogens (tertiary/aromatic N) is 3. The van der Waals surface area contributed by atoms with Crippen LogP contribution >= 0.6 is 0 Å². The monoisotopic (exact) mass is 527 g/mol. The highest BCUT2D eigenvalue weighted by molar-refractivity contribution is 5.99. The number of hydrogen-bond donors (Lipinski definition) is 0. The maximum Gasteiger partial charge on any atom is 0.232 e. The smallest absolute Gasteiger partial charge is 0.232 e. The second kappa shape index (κ2) is 13.0. The molecule has 2 aliphatic heterocycles. The molecule has 5 nitrogen and oxygen atoms in total. The molecule has 0 aromatic heterocycles. The van der Waals surface area contributed by atoms with Crippen molar-refractivity contribution in [3.63, 3.8) is 0 Å². The van der Waals surface area contributed by atoms with Gasteiger partial charge in [0.1, 0.15) is 5.82 Å². The van der Waals surface area contributed by atoms with E-state index >= 15 is 0 Å². The number of hydrogen-bond acceptors (Lipinski definition) is 3. The molecule has 2 saturated heterocycles. The summed E-state index contributed by atoms with van der Waals surface area (Å²) in [6, 6.07) is 26.8. The Labute approximate surface area is 231 Å². The highest BCUT2D eigenvalue weighted by Gasteiger charge is 2.37. The van der Waals surface area contributed by atoms with Crippen LogP contribution in [0.3, 0.4) is 0 Å². The molecule has 0 N–H and O–H groups in total. The van der Waals surface area contributed by atoms with Crippen LogP contribution in [-0.4, -0.2) is 54.3 Å². The molecular weight excluding hydrogens is 489 g/mol. The third-order valence-corrected chi connectivity index (χ3v) is 8.11. The number of carbonyl (C=O) groups is 2. The summed E-state index contributed by atoms with van der Waals surface area (Å²) in [5.74, 6) is 0.0621. The molecule has 2 fully saturated rings. The molecule has 1 atom stereocenters. The number of amides is 2. The van der Waals surface area contributed by atoms with Crippen molar-refractivity contribution >= 4 is 17.5 Å². The largest absolute Gasteiger partial charge is 0.338 e. The Morgan fingerprint density at radius 2 is 1.54 bits per heavy atom. The molecule has 1 unspecified atom stereocenters. The van der Waals surface area contributed by atoms with Crippen molar-refractivity contribution in [2.75, 3.05) is 37.6 Å². The fourth-order valence-corrected chi connectivity index (χ4v) is 5.91. The lowest BCUT2D eigenvalue weighted by Crippen LogP contribution is -2.40. The van der Waals surface area contributed by atoms with Crippen LogP contribution < -0.4 is 4.90 Å². The van der Waals surface area contributed by atoms with Gasteiger partial charge in [-0.3, -0.25) is 9.59 Å². The second-order valence-corrected chi connectivity index (χ2v) is 11.0. The summed E-state index contributed by atoms with van der Waals surface area (Å²) in [6.45, 7) is 4.60. The van der Waals surface area contributed by atoms with Crippen molar-refractivity contribution in [3.8, 4) is 0 Å². The molecule has 0 saturated carbocycles. The average molecular weight is 528 g/mol. The summed E-state index contributed by atoms with van der Waals surface area (Å²) in [5, 5.41) is 0. The number of rotatable bonds is 10. The van der Waals surface area contributed by atoms with Crippen molar-refractivity contribution in [3.05, 3.63) is 102 Å². The molecule has 0 aliphatic carbocycles. The third kappa shape index (κ3) is 7.33. The standard InChI is InChI=1S/C33H38FN3O2/c34-30-14-12-28(13-15-30)24-36-25-29(23-32(36)38)33(39)37(31-10-5-2-6-11-31)19-7-18-35-20-16-27(17-21-35)22-26-8-3-1-4-9-26/h1-6,8-15,27,29H,7,16-25H2. The molecular formula is C33H38FN3O2. The van der Waals surface area contributed by atoms with Gasteiger partial charge in [-0.05, 0) is 86.6 Å². The fraction of sp³-hybridized carbons (Fsp3) is 0.394. The Kier molecular flexibility index (Phi) is 9.04. The summed E-state index contributed by atoms with van der Waals surface area (Å²) in [4.78, 5) is 32.6. The fourth-order valence-electron chi connectivity index (χ4n) is 5.91. The van der Waals surface area contributed by atoms with E-state index in [-0.39, 0.29) is 30.0 Å². The summed E-state index contributed by atoms with van der Waals surface area (Å²) in [7, 11) is 0. The zero-order valence-electron chi connectivity index (χ0n) is 22.6. The Morgan fingerprint density at radius 1 is 0.872 bits per heavy atom. The van der Waals surface area contributed by atoms with E-state index < -0.39 is 0 Å². The summed E-state index contributed by atoms with van der Waals surface area (Å²) >= 11 is 0. The summed E-state index contributed by atoms with van der Waals surface area (Å²) in [5.41, 5.74) is 3.17. The lowest BCUT2D eigenvalue weighted by Gasteiger charge is -2.33. The van der Waals surface area contributed by atoms with Crippen molar-refractivity contribution in [1.82, 2.24) is 9.80 Å². The van der Waals surface area contributed by atoms with Crippen molar-refractivity contribution in [2.45, 2.75) is 38.6 Å². The van der Waals surface area contributed by atoms with E-state index in [2.05, 4.69) is 35.2 Å². The molecule has 2 heterocycles. The first kappa shape index (κ1) is 27.1. The lowest BCUT2D eigenvalue weighted by atomic mass is 9.90. The number of halogens is 1. The molecule has 0 radical (unpaired) electrons. The van der Waals surface area contributed by atoms with Gasteiger partial charge in [0, 0.05) is 31.7 Å². The van der Waals surface area contributed by atoms with E-state index in [1.54, 1.807) is 17.0 Å². The topological polar surface area (TPSA) is 43.9 Å². The minimum absolute atomic E-state index is 0.0118. The van der Waals surface area contributed by atoms with Crippen LogP contribution in [0.4, 0.5) is 10.1 Å². The molecule has 0 bridgehead atoms. The van der Waals surface area contributed by atoms with Crippen LogP contribution in [0.1, 0.15) is 36.8 Å². The number of carbonyl (C=O) groups excluding carboxylic acids is 2. The van der Waals surface area contributed by atoms with Gasteiger partial charge in [-0.2, -0.15) is 0 Å². The van der Waals surface area contributed by atoms with Crippen LogP contribution in [0, 0.1) is 17.7 Å². The zero-order chi connectivity index (χ0) is 27.0. The summed E-state index contributed by atoms with van der Waals surface area (Å²) in [6.07, 6.45) is 4.69. The van der Waals surface area contributed by atoms with Gasteiger partial charge in [-0.1, -0.05) is 60.7 Å². The number of piperidine rings is 1. The molecule has 3 aromatic carbocycles. The van der Waals surface area contributed by atoms with Gasteiger partial charge in [0.2, 0.25) is 11.8 Å². The highest BCUT2D eigenvalue weighted by atomic mass is 19.1. The minimum Gasteiger partial charge on any atom is -0.338 e. The summed E-state index contributed by atoms with van der Waals surface area (Å²) < 4.78 is 13.3. The normalized spacial score (nSPS) is 18.4. The number of anilines is 1. The van der Waals surface area contributed by atoms with E-state index in [9.17, 15) is 14.0 Å². The predicted molar refractivity (Wildman–Crippen MR) is 153 cm³/mol. The number of para-hydroxylation sites is 1. The lowest BCUT2D eigenvalue weighted by molar-refractivity contribution is -0.128. The van der Waals surface area contributed by atoms with Crippen LogP contribution in [0.2, 0.25) is 0 Å². The predicted octanol–water partition coefficient (Wildman–Crippen LogP) is 5.55. The van der Waals surface area contributed by atoms with Crippen LogP contribution in [0.5, 0.6) is 0 Å². The quantitative estimate of drug-likeness (QED) is 0.347. The van der Waals surface area contributed by atoms with Gasteiger partial charge < -0.3 is 14.7 Å². The van der Waals surface area contributed by atoms with E-state index in [1.165, 1.54) is 30.5 Å². The van der Waals surface area contributed by atoms with Gasteiger partial charge in [0.15, 0.2) is 0 Å². The van der Waals surface area contributed by atoms with E-state index in [0.717, 1.165) is 49.6 Å². The molecule has 3 aromatic rings. The maximum atomic E-state index is 13.7. The molecule has 204 valence electrons. The van der Waals surface area contributed by atoms with Crippen molar-refractivity contribution in [2.24, 2.45) is 11.8 Å². The zero-order valence-corrected chi connectivity index (χ0v) is 22.6. The Hall–Kier alpha value is -3.51. The van der Waals surface area contributed by atoms with Gasteiger partial charge >= 0.3 is 0 Å². The third-order valence-electron chi connectivity index (χ3n) is 8.11. The van der Waals surface area contributed by atoms with Crippen molar-refractivity contribution < 1.29 is 14.0 Å². The van der Waals surface area contributed by atoms with Crippen LogP contribution in [0.15, 0.2) is 84.9 Å². The van der Waals surface area contributed by atoms with E-state index in [0.29, 0.717) is 19.6 Å². The van der Waals surface area contributed by atoms with Crippen LogP contribution in [-0.2, 0) is 22.6 Å². The van der Waals surface area contributed by atoms with E-state index in [4.69, 9.17) is 0 Å². The van der Waals surface area contributed by atoms with Gasteiger partial charge in [-0.25, -0.2) is 4.39 Å². The molecule has 2 aliphatic rings.